The minimum absolute atomic E-state index is 0.310. The zero-order chi connectivity index (χ0) is 19.7. The van der Waals surface area contributed by atoms with Crippen LogP contribution in [-0.4, -0.2) is 25.8 Å². The number of nitrogens with one attached hydrogen (secondary N) is 2. The topological polar surface area (TPSA) is 100 Å². The van der Waals surface area contributed by atoms with Crippen LogP contribution in [0.4, 0.5) is 5.69 Å². The van der Waals surface area contributed by atoms with Crippen LogP contribution in [0.2, 0.25) is 0 Å². The van der Waals surface area contributed by atoms with E-state index in [0.717, 1.165) is 11.1 Å². The molecule has 28 heavy (non-hydrogen) atoms. The van der Waals surface area contributed by atoms with Crippen LogP contribution in [0.5, 0.6) is 5.75 Å². The van der Waals surface area contributed by atoms with Crippen LogP contribution in [-0.2, 0) is 6.54 Å². The lowest BCUT2D eigenvalue weighted by Gasteiger charge is -2.08. The van der Waals surface area contributed by atoms with E-state index in [0.29, 0.717) is 23.3 Å². The fourth-order valence-electron chi connectivity index (χ4n) is 3.11. The first-order chi connectivity index (χ1) is 13.5. The van der Waals surface area contributed by atoms with E-state index >= 15 is 0 Å². The number of aromatic nitrogens is 3. The third kappa shape index (κ3) is 3.25. The summed E-state index contributed by atoms with van der Waals surface area (Å²) in [5, 5.41) is 17.8. The molecule has 0 spiro atoms. The van der Waals surface area contributed by atoms with Gasteiger partial charge in [0, 0.05) is 5.69 Å². The fraction of sp³-hybridized carbons (Fsp3) is 0.0952. The van der Waals surface area contributed by atoms with Crippen molar-refractivity contribution in [1.29, 1.82) is 0 Å². The molecule has 7 heteroatoms. The minimum atomic E-state index is -0.679. The maximum absolute atomic E-state index is 12.6. The molecule has 0 aliphatic rings. The molecule has 0 atom stereocenters. The number of carbonyl (C=O) groups excluding carboxylic acids is 1. The van der Waals surface area contributed by atoms with Gasteiger partial charge in [0.2, 0.25) is 0 Å². The Kier molecular flexibility index (Phi) is 4.41. The fourth-order valence-corrected chi connectivity index (χ4v) is 3.11. The molecule has 1 amide bonds. The zero-order valence-electron chi connectivity index (χ0n) is 15.1. The number of anilines is 1. The van der Waals surface area contributed by atoms with E-state index in [1.54, 1.807) is 22.9 Å². The van der Waals surface area contributed by atoms with Gasteiger partial charge in [0.15, 0.2) is 0 Å². The van der Waals surface area contributed by atoms with E-state index in [-0.39, 0.29) is 11.3 Å². The number of H-pyrrole nitrogens is 1. The van der Waals surface area contributed by atoms with Gasteiger partial charge in [-0.2, -0.15) is 5.10 Å². The quantitative estimate of drug-likeness (QED) is 0.511. The number of aromatic amines is 1. The van der Waals surface area contributed by atoms with E-state index in [1.165, 1.54) is 6.20 Å². The molecule has 0 aliphatic heterocycles. The Labute approximate surface area is 160 Å². The molecule has 2 aromatic heterocycles. The molecular formula is C21H18N4O3. The average Bonchev–Trinajstić information content (AvgIpc) is 3.05. The lowest BCUT2D eigenvalue weighted by atomic mass is 10.1. The second kappa shape index (κ2) is 7.03. The molecule has 2 aromatic carbocycles. The normalized spacial score (nSPS) is 10.9. The Balaban J connectivity index is 1.71. The van der Waals surface area contributed by atoms with Crippen molar-refractivity contribution in [3.8, 4) is 5.75 Å². The summed E-state index contributed by atoms with van der Waals surface area (Å²) in [6.45, 7) is 2.32. The molecule has 2 heterocycles. The van der Waals surface area contributed by atoms with Crippen molar-refractivity contribution in [3.05, 3.63) is 87.8 Å². The van der Waals surface area contributed by atoms with Gasteiger partial charge in [0.1, 0.15) is 17.0 Å². The average molecular weight is 374 g/mol. The summed E-state index contributed by atoms with van der Waals surface area (Å²) < 4.78 is 1.58. The number of hydrogen-bond donors (Lipinski definition) is 3. The highest BCUT2D eigenvalue weighted by Crippen LogP contribution is 2.25. The van der Waals surface area contributed by atoms with Crippen LogP contribution in [0, 0.1) is 6.92 Å². The number of pyridine rings is 1. The minimum Gasteiger partial charge on any atom is -0.506 e. The maximum Gasteiger partial charge on any atom is 0.266 e. The Morgan fingerprint density at radius 1 is 1.18 bits per heavy atom. The molecule has 0 saturated carbocycles. The number of nitrogens with zero attached hydrogens (tertiary/aromatic N) is 2. The molecule has 0 unspecified atom stereocenters. The highest BCUT2D eigenvalue weighted by Gasteiger charge is 2.21. The Hall–Kier alpha value is -3.87. The monoisotopic (exact) mass is 374 g/mol. The molecule has 7 nitrogen and oxygen atoms in total. The van der Waals surface area contributed by atoms with Crippen LogP contribution in [0.1, 0.15) is 21.5 Å². The SMILES string of the molecule is Cc1cccc(NC(=O)c2c(O)c3cnn(Cc4ccccc4)c3[nH]c2=O)c1. The summed E-state index contributed by atoms with van der Waals surface area (Å²) in [5.74, 6) is -1.06. The molecule has 140 valence electrons. The number of amides is 1. The van der Waals surface area contributed by atoms with Gasteiger partial charge >= 0.3 is 0 Å². The van der Waals surface area contributed by atoms with Crippen molar-refractivity contribution in [2.24, 2.45) is 0 Å². The van der Waals surface area contributed by atoms with Crippen LogP contribution >= 0.6 is 0 Å². The van der Waals surface area contributed by atoms with E-state index in [4.69, 9.17) is 0 Å². The summed E-state index contributed by atoms with van der Waals surface area (Å²) in [4.78, 5) is 27.8. The van der Waals surface area contributed by atoms with Crippen molar-refractivity contribution < 1.29 is 9.90 Å². The number of fused-ring (bicyclic) bond motifs is 1. The predicted molar refractivity (Wildman–Crippen MR) is 107 cm³/mol. The zero-order valence-corrected chi connectivity index (χ0v) is 15.1. The standard InChI is InChI=1S/C21H18N4O3/c1-13-6-5-9-15(10-13)23-20(27)17-18(26)16-11-22-25(19(16)24-21(17)28)12-14-7-3-2-4-8-14/h2-11H,12H2,1H3,(H,23,27)(H2,24,26,28). The van der Waals surface area contributed by atoms with E-state index < -0.39 is 11.5 Å². The van der Waals surface area contributed by atoms with Gasteiger partial charge in [-0.1, -0.05) is 42.5 Å². The summed E-state index contributed by atoms with van der Waals surface area (Å²) in [6, 6.07) is 16.8. The molecule has 0 fully saturated rings. The molecule has 0 bridgehead atoms. The number of benzene rings is 2. The van der Waals surface area contributed by atoms with E-state index in [1.807, 2.05) is 43.3 Å². The van der Waals surface area contributed by atoms with Gasteiger partial charge in [0.05, 0.1) is 18.1 Å². The lowest BCUT2D eigenvalue weighted by Crippen LogP contribution is -2.24. The maximum atomic E-state index is 12.6. The van der Waals surface area contributed by atoms with E-state index in [9.17, 15) is 14.7 Å². The summed E-state index contributed by atoms with van der Waals surface area (Å²) in [6.07, 6.45) is 1.44. The number of hydrogen-bond acceptors (Lipinski definition) is 4. The van der Waals surface area contributed by atoms with Crippen LogP contribution < -0.4 is 10.9 Å². The second-order valence-corrected chi connectivity index (χ2v) is 6.55. The van der Waals surface area contributed by atoms with Crippen molar-refractivity contribution >= 4 is 22.6 Å². The van der Waals surface area contributed by atoms with Crippen molar-refractivity contribution in [2.75, 3.05) is 5.32 Å². The number of carbonyl (C=O) groups is 1. The first kappa shape index (κ1) is 17.5. The van der Waals surface area contributed by atoms with Gasteiger partial charge in [-0.05, 0) is 30.2 Å². The molecule has 4 aromatic rings. The first-order valence-electron chi connectivity index (χ1n) is 8.75. The van der Waals surface area contributed by atoms with Gasteiger partial charge < -0.3 is 15.4 Å². The summed E-state index contributed by atoms with van der Waals surface area (Å²) in [5.41, 5.74) is 1.85. The van der Waals surface area contributed by atoms with Crippen LogP contribution in [0.15, 0.2) is 65.6 Å². The molecule has 0 saturated heterocycles. The van der Waals surface area contributed by atoms with Gasteiger partial charge in [-0.25, -0.2) is 4.68 Å². The highest BCUT2D eigenvalue weighted by atomic mass is 16.3. The van der Waals surface area contributed by atoms with Gasteiger partial charge in [-0.3, -0.25) is 9.59 Å². The smallest absolute Gasteiger partial charge is 0.266 e. The first-order valence-corrected chi connectivity index (χ1v) is 8.75. The molecule has 0 radical (unpaired) electrons. The summed E-state index contributed by atoms with van der Waals surface area (Å²) >= 11 is 0. The van der Waals surface area contributed by atoms with Crippen LogP contribution in [0.25, 0.3) is 11.0 Å². The number of aryl methyl sites for hydroxylation is 1. The predicted octanol–water partition coefficient (Wildman–Crippen LogP) is 3.04. The number of aromatic hydroxyl groups is 1. The summed E-state index contributed by atoms with van der Waals surface area (Å²) in [7, 11) is 0. The van der Waals surface area contributed by atoms with Crippen molar-refractivity contribution in [3.63, 3.8) is 0 Å². The third-order valence-corrected chi connectivity index (χ3v) is 4.47. The van der Waals surface area contributed by atoms with Crippen molar-refractivity contribution in [1.82, 2.24) is 14.8 Å². The number of rotatable bonds is 4. The molecular weight excluding hydrogens is 356 g/mol. The van der Waals surface area contributed by atoms with E-state index in [2.05, 4.69) is 15.4 Å². The lowest BCUT2D eigenvalue weighted by molar-refractivity contribution is 0.102. The van der Waals surface area contributed by atoms with Gasteiger partial charge in [-0.15, -0.1) is 0 Å². The largest absolute Gasteiger partial charge is 0.506 e. The van der Waals surface area contributed by atoms with Crippen LogP contribution in [0.3, 0.4) is 0 Å². The molecule has 3 N–H and O–H groups in total. The Morgan fingerprint density at radius 2 is 1.96 bits per heavy atom. The van der Waals surface area contributed by atoms with Gasteiger partial charge in [0.25, 0.3) is 11.5 Å². The Bertz CT molecular complexity index is 1230. The third-order valence-electron chi connectivity index (χ3n) is 4.47. The van der Waals surface area contributed by atoms with Crippen molar-refractivity contribution in [2.45, 2.75) is 13.5 Å². The Morgan fingerprint density at radius 3 is 2.71 bits per heavy atom. The highest BCUT2D eigenvalue weighted by molar-refractivity contribution is 6.08. The molecule has 0 aliphatic carbocycles. The second-order valence-electron chi connectivity index (χ2n) is 6.55. The molecule has 4 rings (SSSR count).